The van der Waals surface area contributed by atoms with Crippen molar-refractivity contribution in [2.45, 2.75) is 19.8 Å². The van der Waals surface area contributed by atoms with Crippen molar-refractivity contribution in [1.29, 1.82) is 0 Å². The van der Waals surface area contributed by atoms with Crippen molar-refractivity contribution < 1.29 is 0 Å². The molecule has 0 aromatic carbocycles. The normalized spacial score (nSPS) is 17.3. The van der Waals surface area contributed by atoms with Crippen molar-refractivity contribution in [1.82, 2.24) is 4.98 Å². The first-order valence-electron chi connectivity index (χ1n) is 5.69. The maximum atomic E-state index is 6.17. The second kappa shape index (κ2) is 5.29. The van der Waals surface area contributed by atoms with Crippen molar-refractivity contribution in [3.05, 3.63) is 16.1 Å². The molecule has 0 spiro atoms. The van der Waals surface area contributed by atoms with Gasteiger partial charge < -0.3 is 10.3 Å². The SMILES string of the molecule is CC1CCN(c2nc(NN)c(Cl)cc2Cl)CC1. The Balaban J connectivity index is 2.25. The number of rotatable bonds is 2. The number of pyridine rings is 1. The van der Waals surface area contributed by atoms with E-state index in [0.29, 0.717) is 15.9 Å². The van der Waals surface area contributed by atoms with Crippen molar-refractivity contribution >= 4 is 34.8 Å². The smallest absolute Gasteiger partial charge is 0.161 e. The molecular weight excluding hydrogens is 259 g/mol. The van der Waals surface area contributed by atoms with Crippen LogP contribution in [0.15, 0.2) is 6.07 Å². The lowest BCUT2D eigenvalue weighted by molar-refractivity contribution is 0.437. The molecule has 1 saturated heterocycles. The molecule has 0 amide bonds. The maximum absolute atomic E-state index is 6.17. The van der Waals surface area contributed by atoms with Crippen LogP contribution in [0.3, 0.4) is 0 Å². The summed E-state index contributed by atoms with van der Waals surface area (Å²) in [7, 11) is 0. The summed E-state index contributed by atoms with van der Waals surface area (Å²) in [6.07, 6.45) is 2.32. The Morgan fingerprint density at radius 3 is 2.59 bits per heavy atom. The molecule has 1 aliphatic rings. The Morgan fingerprint density at radius 2 is 2.00 bits per heavy atom. The zero-order valence-corrected chi connectivity index (χ0v) is 11.2. The number of piperidine rings is 1. The monoisotopic (exact) mass is 274 g/mol. The van der Waals surface area contributed by atoms with Gasteiger partial charge in [0.25, 0.3) is 0 Å². The number of nitrogens with one attached hydrogen (secondary N) is 1. The van der Waals surface area contributed by atoms with E-state index in [1.807, 2.05) is 0 Å². The summed E-state index contributed by atoms with van der Waals surface area (Å²) >= 11 is 12.1. The lowest BCUT2D eigenvalue weighted by atomic mass is 9.99. The standard InChI is InChI=1S/C11H16Cl2N4/c1-7-2-4-17(5-3-7)11-9(13)6-8(12)10(15-11)16-14/h6-7H,2-5,14H2,1H3,(H,15,16). The van der Waals surface area contributed by atoms with E-state index in [1.165, 1.54) is 0 Å². The first kappa shape index (κ1) is 12.7. The second-order valence-corrected chi connectivity index (χ2v) is 5.25. The van der Waals surface area contributed by atoms with Gasteiger partial charge in [-0.3, -0.25) is 0 Å². The van der Waals surface area contributed by atoms with Crippen LogP contribution in [0.4, 0.5) is 11.6 Å². The van der Waals surface area contributed by atoms with E-state index < -0.39 is 0 Å². The molecule has 17 heavy (non-hydrogen) atoms. The third-order valence-electron chi connectivity index (χ3n) is 3.13. The summed E-state index contributed by atoms with van der Waals surface area (Å²) in [5, 5.41) is 1.01. The highest BCUT2D eigenvalue weighted by Crippen LogP contribution is 2.33. The van der Waals surface area contributed by atoms with E-state index in [2.05, 4.69) is 22.2 Å². The molecule has 4 nitrogen and oxygen atoms in total. The lowest BCUT2D eigenvalue weighted by Gasteiger charge is -2.32. The van der Waals surface area contributed by atoms with Crippen LogP contribution in [-0.4, -0.2) is 18.1 Å². The molecule has 0 unspecified atom stereocenters. The Bertz CT molecular complexity index is 403. The average Bonchev–Trinajstić information content (AvgIpc) is 2.31. The van der Waals surface area contributed by atoms with Crippen LogP contribution >= 0.6 is 23.2 Å². The molecule has 94 valence electrons. The number of hydrogen-bond donors (Lipinski definition) is 2. The molecule has 0 saturated carbocycles. The van der Waals surface area contributed by atoms with Crippen LogP contribution in [-0.2, 0) is 0 Å². The molecule has 1 aromatic heterocycles. The number of aromatic nitrogens is 1. The van der Waals surface area contributed by atoms with Crippen LogP contribution < -0.4 is 16.2 Å². The van der Waals surface area contributed by atoms with Gasteiger partial charge in [-0.05, 0) is 24.8 Å². The van der Waals surface area contributed by atoms with Crippen LogP contribution in [0, 0.1) is 5.92 Å². The molecule has 2 rings (SSSR count). The summed E-state index contributed by atoms with van der Waals surface area (Å²) in [6.45, 7) is 4.21. The Hall–Kier alpha value is -0.710. The number of halogens is 2. The Labute approximate surface area is 111 Å². The molecule has 0 atom stereocenters. The predicted molar refractivity (Wildman–Crippen MR) is 72.7 cm³/mol. The fourth-order valence-corrected chi connectivity index (χ4v) is 2.53. The molecule has 1 aliphatic heterocycles. The van der Waals surface area contributed by atoms with Crippen LogP contribution in [0.1, 0.15) is 19.8 Å². The zero-order valence-electron chi connectivity index (χ0n) is 9.71. The van der Waals surface area contributed by atoms with Crippen LogP contribution in [0.25, 0.3) is 0 Å². The summed E-state index contributed by atoms with van der Waals surface area (Å²) in [5.74, 6) is 7.35. The fourth-order valence-electron chi connectivity index (χ4n) is 2.00. The molecule has 0 radical (unpaired) electrons. The quantitative estimate of drug-likeness (QED) is 0.643. The summed E-state index contributed by atoms with van der Waals surface area (Å²) < 4.78 is 0. The van der Waals surface area contributed by atoms with Crippen LogP contribution in [0.2, 0.25) is 10.0 Å². The number of anilines is 2. The zero-order chi connectivity index (χ0) is 12.4. The highest BCUT2D eigenvalue weighted by Gasteiger charge is 2.20. The Kier molecular flexibility index (Phi) is 3.97. The van der Waals surface area contributed by atoms with Gasteiger partial charge >= 0.3 is 0 Å². The van der Waals surface area contributed by atoms with Gasteiger partial charge in [0.2, 0.25) is 0 Å². The van der Waals surface area contributed by atoms with E-state index in [1.54, 1.807) is 6.07 Å². The third kappa shape index (κ3) is 2.76. The van der Waals surface area contributed by atoms with E-state index >= 15 is 0 Å². The van der Waals surface area contributed by atoms with Crippen molar-refractivity contribution in [3.8, 4) is 0 Å². The lowest BCUT2D eigenvalue weighted by Crippen LogP contribution is -2.33. The molecule has 1 aromatic rings. The number of nitrogen functional groups attached to an aromatic ring is 1. The van der Waals surface area contributed by atoms with E-state index in [9.17, 15) is 0 Å². The number of nitrogens with two attached hydrogens (primary N) is 1. The van der Waals surface area contributed by atoms with Gasteiger partial charge in [-0.1, -0.05) is 30.1 Å². The molecule has 0 aliphatic carbocycles. The minimum atomic E-state index is 0.437. The average molecular weight is 275 g/mol. The largest absolute Gasteiger partial charge is 0.355 e. The van der Waals surface area contributed by atoms with Gasteiger partial charge in [-0.2, -0.15) is 0 Å². The van der Waals surface area contributed by atoms with E-state index in [4.69, 9.17) is 29.0 Å². The molecular formula is C11H16Cl2N4. The van der Waals surface area contributed by atoms with Gasteiger partial charge in [-0.15, -0.1) is 0 Å². The minimum Gasteiger partial charge on any atom is -0.355 e. The summed E-state index contributed by atoms with van der Waals surface area (Å²) in [4.78, 5) is 6.55. The van der Waals surface area contributed by atoms with Gasteiger partial charge in [0.05, 0.1) is 10.0 Å². The van der Waals surface area contributed by atoms with Gasteiger partial charge in [-0.25, -0.2) is 10.8 Å². The summed E-state index contributed by atoms with van der Waals surface area (Å²) in [5.41, 5.74) is 2.48. The van der Waals surface area contributed by atoms with E-state index in [-0.39, 0.29) is 0 Å². The first-order valence-corrected chi connectivity index (χ1v) is 6.45. The molecule has 2 heterocycles. The maximum Gasteiger partial charge on any atom is 0.161 e. The third-order valence-corrected chi connectivity index (χ3v) is 3.70. The number of nitrogens with zero attached hydrogens (tertiary/aromatic N) is 2. The van der Waals surface area contributed by atoms with Crippen molar-refractivity contribution in [2.24, 2.45) is 11.8 Å². The van der Waals surface area contributed by atoms with Crippen molar-refractivity contribution in [3.63, 3.8) is 0 Å². The molecule has 0 bridgehead atoms. The molecule has 1 fully saturated rings. The fraction of sp³-hybridized carbons (Fsp3) is 0.545. The molecule has 3 N–H and O–H groups in total. The second-order valence-electron chi connectivity index (χ2n) is 4.44. The highest BCUT2D eigenvalue weighted by atomic mass is 35.5. The number of hydrazine groups is 1. The summed E-state index contributed by atoms with van der Waals surface area (Å²) in [6, 6.07) is 1.68. The van der Waals surface area contributed by atoms with Crippen LogP contribution in [0.5, 0.6) is 0 Å². The van der Waals surface area contributed by atoms with Gasteiger partial charge in [0.15, 0.2) is 5.82 Å². The molecule has 6 heteroatoms. The van der Waals surface area contributed by atoms with Gasteiger partial charge in [0.1, 0.15) is 5.82 Å². The number of hydrogen-bond acceptors (Lipinski definition) is 4. The Morgan fingerprint density at radius 1 is 1.35 bits per heavy atom. The first-order chi connectivity index (χ1) is 8.11. The topological polar surface area (TPSA) is 54.2 Å². The van der Waals surface area contributed by atoms with Crippen molar-refractivity contribution in [2.75, 3.05) is 23.4 Å². The minimum absolute atomic E-state index is 0.437. The van der Waals surface area contributed by atoms with E-state index in [0.717, 1.165) is 37.7 Å². The predicted octanol–water partition coefficient (Wildman–Crippen LogP) is 2.91. The van der Waals surface area contributed by atoms with Gasteiger partial charge in [0, 0.05) is 13.1 Å². The highest BCUT2D eigenvalue weighted by molar-refractivity contribution is 6.37.